The Morgan fingerprint density at radius 3 is 2.13 bits per heavy atom. The van der Waals surface area contributed by atoms with E-state index in [-0.39, 0.29) is 0 Å². The Morgan fingerprint density at radius 1 is 0.933 bits per heavy atom. The molecule has 2 aliphatic rings. The van der Waals surface area contributed by atoms with Crippen LogP contribution in [0.3, 0.4) is 0 Å². The Hall–Kier alpha value is -0.0400. The maximum Gasteiger partial charge on any atom is 0.0459 e. The van der Waals surface area contributed by atoms with Crippen molar-refractivity contribution < 1.29 is 5.11 Å². The Morgan fingerprint density at radius 2 is 1.53 bits per heavy atom. The van der Waals surface area contributed by atoms with E-state index in [4.69, 9.17) is 0 Å². The van der Waals surface area contributed by atoms with E-state index in [0.29, 0.717) is 12.5 Å². The van der Waals surface area contributed by atoms with Crippen molar-refractivity contribution in [2.24, 2.45) is 23.7 Å². The van der Waals surface area contributed by atoms with Gasteiger partial charge in [-0.3, -0.25) is 0 Å². The summed E-state index contributed by atoms with van der Waals surface area (Å²) >= 11 is 0. The molecule has 1 heteroatoms. The van der Waals surface area contributed by atoms with Crippen LogP contribution in [0.4, 0.5) is 0 Å². The monoisotopic (exact) mass is 210 g/mol. The Labute approximate surface area is 94.3 Å². The zero-order chi connectivity index (χ0) is 10.7. The molecule has 1 nitrogen and oxygen atoms in total. The van der Waals surface area contributed by atoms with E-state index >= 15 is 0 Å². The van der Waals surface area contributed by atoms with Crippen LogP contribution in [-0.4, -0.2) is 11.7 Å². The second kappa shape index (κ2) is 5.34. The summed E-state index contributed by atoms with van der Waals surface area (Å²) in [5.41, 5.74) is 0. The predicted octanol–water partition coefficient (Wildman–Crippen LogP) is 3.61. The molecule has 0 heterocycles. The average molecular weight is 210 g/mol. The molecule has 0 aromatic carbocycles. The normalized spacial score (nSPS) is 41.2. The number of aliphatic hydroxyl groups is 1. The van der Waals surface area contributed by atoms with E-state index in [1.54, 1.807) is 0 Å². The molecule has 2 fully saturated rings. The highest BCUT2D eigenvalue weighted by Crippen LogP contribution is 2.45. The maximum absolute atomic E-state index is 9.22. The van der Waals surface area contributed by atoms with Crippen molar-refractivity contribution in [3.05, 3.63) is 0 Å². The van der Waals surface area contributed by atoms with Crippen molar-refractivity contribution in [2.45, 2.75) is 58.3 Å². The molecule has 2 aliphatic carbocycles. The van der Waals surface area contributed by atoms with Gasteiger partial charge in [0.15, 0.2) is 0 Å². The van der Waals surface area contributed by atoms with E-state index < -0.39 is 0 Å². The first-order valence-corrected chi connectivity index (χ1v) is 6.94. The van der Waals surface area contributed by atoms with Crippen LogP contribution in [0.1, 0.15) is 58.3 Å². The van der Waals surface area contributed by atoms with Crippen LogP contribution in [0.25, 0.3) is 0 Å². The Kier molecular flexibility index (Phi) is 4.07. The molecule has 2 rings (SSSR count). The van der Waals surface area contributed by atoms with Crippen LogP contribution in [0.2, 0.25) is 0 Å². The van der Waals surface area contributed by atoms with Gasteiger partial charge in [0.2, 0.25) is 0 Å². The third kappa shape index (κ3) is 2.75. The second-order valence-electron chi connectivity index (χ2n) is 5.85. The smallest absolute Gasteiger partial charge is 0.0459 e. The van der Waals surface area contributed by atoms with E-state index in [9.17, 15) is 5.11 Å². The fourth-order valence-corrected chi connectivity index (χ4v) is 3.92. The van der Waals surface area contributed by atoms with Gasteiger partial charge in [-0.25, -0.2) is 0 Å². The quantitative estimate of drug-likeness (QED) is 0.754. The SMILES string of the molecule is CCCC1CCC2CC(CO)CCC2C1. The minimum atomic E-state index is 0.432. The number of hydrogen-bond acceptors (Lipinski definition) is 1. The molecule has 1 N–H and O–H groups in total. The summed E-state index contributed by atoms with van der Waals surface area (Å²) in [6.45, 7) is 2.75. The van der Waals surface area contributed by atoms with Crippen LogP contribution in [0.5, 0.6) is 0 Å². The van der Waals surface area contributed by atoms with Gasteiger partial charge >= 0.3 is 0 Å². The first kappa shape index (κ1) is 11.4. The van der Waals surface area contributed by atoms with E-state index in [2.05, 4.69) is 6.92 Å². The van der Waals surface area contributed by atoms with Gasteiger partial charge < -0.3 is 5.11 Å². The molecule has 0 radical (unpaired) electrons. The zero-order valence-electron chi connectivity index (χ0n) is 10.1. The van der Waals surface area contributed by atoms with E-state index in [1.807, 2.05) is 0 Å². The molecule has 0 bridgehead atoms. The number of fused-ring (bicyclic) bond motifs is 1. The molecule has 0 amide bonds. The van der Waals surface area contributed by atoms with Crippen molar-refractivity contribution in [1.29, 1.82) is 0 Å². The standard InChI is InChI=1S/C14H26O/c1-2-3-11-4-6-14-9-12(10-15)5-7-13(14)8-11/h11-15H,2-10H2,1H3. The largest absolute Gasteiger partial charge is 0.396 e. The summed E-state index contributed by atoms with van der Waals surface area (Å²) in [6.07, 6.45) is 11.2. The summed E-state index contributed by atoms with van der Waals surface area (Å²) in [6, 6.07) is 0. The molecule has 4 atom stereocenters. The van der Waals surface area contributed by atoms with Crippen molar-refractivity contribution in [3.8, 4) is 0 Å². The zero-order valence-corrected chi connectivity index (χ0v) is 10.1. The molecule has 0 spiro atoms. The lowest BCUT2D eigenvalue weighted by molar-refractivity contribution is 0.0698. The van der Waals surface area contributed by atoms with Crippen molar-refractivity contribution in [3.63, 3.8) is 0 Å². The first-order chi connectivity index (χ1) is 7.33. The molecule has 0 aliphatic heterocycles. The fraction of sp³-hybridized carbons (Fsp3) is 1.00. The molecule has 0 aromatic heterocycles. The molecular formula is C14H26O. The molecule has 0 aromatic rings. The summed E-state index contributed by atoms with van der Waals surface area (Å²) in [4.78, 5) is 0. The predicted molar refractivity (Wildman–Crippen MR) is 63.7 cm³/mol. The number of hydrogen-bond donors (Lipinski definition) is 1. The van der Waals surface area contributed by atoms with Gasteiger partial charge in [-0.05, 0) is 55.8 Å². The van der Waals surface area contributed by atoms with Crippen LogP contribution >= 0.6 is 0 Å². The van der Waals surface area contributed by atoms with Crippen LogP contribution in [0.15, 0.2) is 0 Å². The summed E-state index contributed by atoms with van der Waals surface area (Å²) in [5, 5.41) is 9.22. The topological polar surface area (TPSA) is 20.2 Å². The molecule has 2 saturated carbocycles. The fourth-order valence-electron chi connectivity index (χ4n) is 3.92. The number of aliphatic hydroxyl groups excluding tert-OH is 1. The Bertz CT molecular complexity index is 190. The van der Waals surface area contributed by atoms with Gasteiger partial charge in [-0.1, -0.05) is 26.2 Å². The molecule has 0 saturated heterocycles. The lowest BCUT2D eigenvalue weighted by Gasteiger charge is -2.41. The molecule has 4 unspecified atom stereocenters. The lowest BCUT2D eigenvalue weighted by Crippen LogP contribution is -2.32. The highest BCUT2D eigenvalue weighted by atomic mass is 16.3. The summed E-state index contributed by atoms with van der Waals surface area (Å²) < 4.78 is 0. The van der Waals surface area contributed by atoms with Crippen molar-refractivity contribution in [1.82, 2.24) is 0 Å². The third-order valence-electron chi connectivity index (χ3n) is 4.79. The van der Waals surface area contributed by atoms with E-state index in [1.165, 1.54) is 51.4 Å². The minimum absolute atomic E-state index is 0.432. The highest BCUT2D eigenvalue weighted by Gasteiger charge is 2.34. The van der Waals surface area contributed by atoms with Crippen molar-refractivity contribution in [2.75, 3.05) is 6.61 Å². The van der Waals surface area contributed by atoms with Crippen LogP contribution in [0, 0.1) is 23.7 Å². The molecule has 88 valence electrons. The highest BCUT2D eigenvalue weighted by molar-refractivity contribution is 4.85. The van der Waals surface area contributed by atoms with Gasteiger partial charge in [0.05, 0.1) is 0 Å². The molecule has 15 heavy (non-hydrogen) atoms. The van der Waals surface area contributed by atoms with Crippen LogP contribution in [-0.2, 0) is 0 Å². The average Bonchev–Trinajstić information content (AvgIpc) is 2.29. The first-order valence-electron chi connectivity index (χ1n) is 6.94. The summed E-state index contributed by atoms with van der Waals surface area (Å²) in [7, 11) is 0. The lowest BCUT2D eigenvalue weighted by atomic mass is 9.64. The van der Waals surface area contributed by atoms with Crippen molar-refractivity contribution >= 4 is 0 Å². The summed E-state index contributed by atoms with van der Waals surface area (Å²) in [5.74, 6) is 3.64. The number of rotatable bonds is 3. The molecular weight excluding hydrogens is 184 g/mol. The van der Waals surface area contributed by atoms with Gasteiger partial charge in [-0.15, -0.1) is 0 Å². The maximum atomic E-state index is 9.22. The van der Waals surface area contributed by atoms with Gasteiger partial charge in [0, 0.05) is 6.61 Å². The van der Waals surface area contributed by atoms with Gasteiger partial charge in [0.25, 0.3) is 0 Å². The van der Waals surface area contributed by atoms with Gasteiger partial charge in [0.1, 0.15) is 0 Å². The minimum Gasteiger partial charge on any atom is -0.396 e. The van der Waals surface area contributed by atoms with Gasteiger partial charge in [-0.2, -0.15) is 0 Å². The second-order valence-corrected chi connectivity index (χ2v) is 5.85. The Balaban J connectivity index is 1.83. The third-order valence-corrected chi connectivity index (χ3v) is 4.79. The van der Waals surface area contributed by atoms with E-state index in [0.717, 1.165) is 17.8 Å². The van der Waals surface area contributed by atoms with Crippen LogP contribution < -0.4 is 0 Å².